The maximum absolute atomic E-state index is 11.2. The van der Waals surface area contributed by atoms with Gasteiger partial charge in [0, 0.05) is 12.7 Å². The SMILES string of the molecule is CS(=O)(=O)c1cccc(CC(=O)C(=O)O)c1. The smallest absolute Gasteiger partial charge is 0.372 e. The van der Waals surface area contributed by atoms with E-state index in [1.54, 1.807) is 0 Å². The van der Waals surface area contributed by atoms with Crippen LogP contribution in [0.15, 0.2) is 29.2 Å². The summed E-state index contributed by atoms with van der Waals surface area (Å²) < 4.78 is 22.4. The summed E-state index contributed by atoms with van der Waals surface area (Å²) in [7, 11) is -3.34. The van der Waals surface area contributed by atoms with Gasteiger partial charge in [0.1, 0.15) is 0 Å². The Bertz CT molecular complexity index is 530. The first-order valence-electron chi connectivity index (χ1n) is 4.36. The number of aliphatic carboxylic acids is 1. The summed E-state index contributed by atoms with van der Waals surface area (Å²) in [4.78, 5) is 21.3. The fraction of sp³-hybridized carbons (Fsp3) is 0.200. The van der Waals surface area contributed by atoms with Crippen molar-refractivity contribution in [3.05, 3.63) is 29.8 Å². The molecule has 0 aliphatic rings. The monoisotopic (exact) mass is 242 g/mol. The molecule has 0 saturated carbocycles. The summed E-state index contributed by atoms with van der Waals surface area (Å²) in [6.07, 6.45) is 0.740. The van der Waals surface area contributed by atoms with Gasteiger partial charge in [-0.15, -0.1) is 0 Å². The molecule has 0 bridgehead atoms. The van der Waals surface area contributed by atoms with Crippen LogP contribution in [-0.2, 0) is 25.8 Å². The normalized spacial score (nSPS) is 11.1. The van der Waals surface area contributed by atoms with Crippen LogP contribution in [0, 0.1) is 0 Å². The number of carboxylic acids is 1. The average molecular weight is 242 g/mol. The number of carbonyl (C=O) groups excluding carboxylic acids is 1. The number of carbonyl (C=O) groups is 2. The Morgan fingerprint density at radius 1 is 1.31 bits per heavy atom. The average Bonchev–Trinajstić information content (AvgIpc) is 2.16. The van der Waals surface area contributed by atoms with E-state index in [9.17, 15) is 18.0 Å². The molecular weight excluding hydrogens is 232 g/mol. The van der Waals surface area contributed by atoms with E-state index in [4.69, 9.17) is 5.11 Å². The van der Waals surface area contributed by atoms with Gasteiger partial charge >= 0.3 is 5.97 Å². The molecule has 1 rings (SSSR count). The van der Waals surface area contributed by atoms with Crippen LogP contribution in [0.5, 0.6) is 0 Å². The highest BCUT2D eigenvalue weighted by atomic mass is 32.2. The maximum atomic E-state index is 11.2. The maximum Gasteiger partial charge on any atom is 0.372 e. The van der Waals surface area contributed by atoms with E-state index in [1.165, 1.54) is 24.3 Å². The lowest BCUT2D eigenvalue weighted by atomic mass is 10.1. The largest absolute Gasteiger partial charge is 0.475 e. The van der Waals surface area contributed by atoms with Gasteiger partial charge in [-0.05, 0) is 17.7 Å². The molecule has 0 aromatic heterocycles. The Balaban J connectivity index is 3.01. The second kappa shape index (κ2) is 4.44. The van der Waals surface area contributed by atoms with Crippen molar-refractivity contribution in [2.45, 2.75) is 11.3 Å². The van der Waals surface area contributed by atoms with Crippen molar-refractivity contribution in [2.24, 2.45) is 0 Å². The van der Waals surface area contributed by atoms with Gasteiger partial charge in [0.25, 0.3) is 0 Å². The lowest BCUT2D eigenvalue weighted by Crippen LogP contribution is -2.15. The zero-order chi connectivity index (χ0) is 12.3. The first-order chi connectivity index (χ1) is 7.30. The number of hydrogen-bond donors (Lipinski definition) is 1. The number of hydrogen-bond acceptors (Lipinski definition) is 4. The molecule has 86 valence electrons. The first kappa shape index (κ1) is 12.4. The third kappa shape index (κ3) is 3.16. The molecule has 0 spiro atoms. The van der Waals surface area contributed by atoms with E-state index in [1.807, 2.05) is 0 Å². The lowest BCUT2D eigenvalue weighted by Gasteiger charge is -2.01. The summed E-state index contributed by atoms with van der Waals surface area (Å²) >= 11 is 0. The van der Waals surface area contributed by atoms with Crippen LogP contribution >= 0.6 is 0 Å². The van der Waals surface area contributed by atoms with Crippen molar-refractivity contribution < 1.29 is 23.1 Å². The minimum atomic E-state index is -3.34. The van der Waals surface area contributed by atoms with Crippen LogP contribution in [-0.4, -0.2) is 31.5 Å². The molecule has 0 radical (unpaired) electrons. The molecule has 0 amide bonds. The van der Waals surface area contributed by atoms with E-state index in [2.05, 4.69) is 0 Å². The van der Waals surface area contributed by atoms with Crippen LogP contribution in [0.2, 0.25) is 0 Å². The quantitative estimate of drug-likeness (QED) is 0.766. The van der Waals surface area contributed by atoms with E-state index < -0.39 is 21.6 Å². The topological polar surface area (TPSA) is 88.5 Å². The summed E-state index contributed by atoms with van der Waals surface area (Å²) in [5.74, 6) is -2.49. The van der Waals surface area contributed by atoms with Gasteiger partial charge < -0.3 is 5.11 Å². The van der Waals surface area contributed by atoms with Crippen LogP contribution in [0.3, 0.4) is 0 Å². The zero-order valence-electron chi connectivity index (χ0n) is 8.50. The van der Waals surface area contributed by atoms with Crippen molar-refractivity contribution in [2.75, 3.05) is 6.26 Å². The number of carboxylic acid groups (broad SMARTS) is 1. The Hall–Kier alpha value is -1.69. The van der Waals surface area contributed by atoms with E-state index in [0.29, 0.717) is 5.56 Å². The molecule has 0 aliphatic carbocycles. The summed E-state index contributed by atoms with van der Waals surface area (Å²) in [5, 5.41) is 8.40. The second-order valence-electron chi connectivity index (χ2n) is 3.32. The van der Waals surface area contributed by atoms with Crippen molar-refractivity contribution in [3.63, 3.8) is 0 Å². The highest BCUT2D eigenvalue weighted by molar-refractivity contribution is 7.90. The fourth-order valence-electron chi connectivity index (χ4n) is 1.15. The van der Waals surface area contributed by atoms with Gasteiger partial charge in [-0.3, -0.25) is 4.79 Å². The molecule has 1 N–H and O–H groups in total. The Labute approximate surface area is 92.6 Å². The third-order valence-electron chi connectivity index (χ3n) is 1.93. The van der Waals surface area contributed by atoms with Crippen LogP contribution < -0.4 is 0 Å². The summed E-state index contributed by atoms with van der Waals surface area (Å²) in [6.45, 7) is 0. The van der Waals surface area contributed by atoms with Crippen LogP contribution in [0.4, 0.5) is 0 Å². The lowest BCUT2D eigenvalue weighted by molar-refractivity contribution is -0.148. The van der Waals surface area contributed by atoms with Gasteiger partial charge in [-0.1, -0.05) is 12.1 Å². The molecule has 0 fully saturated rings. The summed E-state index contributed by atoms with van der Waals surface area (Å²) in [5.41, 5.74) is 0.371. The minimum Gasteiger partial charge on any atom is -0.475 e. The Kier molecular flexibility index (Phi) is 3.44. The van der Waals surface area contributed by atoms with Crippen molar-refractivity contribution in [1.29, 1.82) is 0 Å². The summed E-state index contributed by atoms with van der Waals surface area (Å²) in [6, 6.07) is 5.68. The standard InChI is InChI=1S/C10H10O5S/c1-16(14,15)8-4-2-3-7(5-8)6-9(11)10(12)13/h2-5H,6H2,1H3,(H,12,13). The molecule has 1 aromatic carbocycles. The van der Waals surface area contributed by atoms with Gasteiger partial charge in [-0.2, -0.15) is 0 Å². The van der Waals surface area contributed by atoms with Crippen LogP contribution in [0.25, 0.3) is 0 Å². The molecule has 0 atom stereocenters. The highest BCUT2D eigenvalue weighted by Crippen LogP contribution is 2.11. The van der Waals surface area contributed by atoms with E-state index in [0.717, 1.165) is 6.26 Å². The molecule has 0 unspecified atom stereocenters. The number of Topliss-reactive ketones (excluding diaryl/α,β-unsaturated/α-hetero) is 1. The number of benzene rings is 1. The minimum absolute atomic E-state index is 0.0724. The van der Waals surface area contributed by atoms with E-state index >= 15 is 0 Å². The van der Waals surface area contributed by atoms with Crippen molar-refractivity contribution in [1.82, 2.24) is 0 Å². The predicted octanol–water partition coefficient (Wildman–Crippen LogP) is 0.286. The van der Waals surface area contributed by atoms with E-state index in [-0.39, 0.29) is 11.3 Å². The predicted molar refractivity (Wildman–Crippen MR) is 55.9 cm³/mol. The zero-order valence-corrected chi connectivity index (χ0v) is 9.32. The molecule has 1 aromatic rings. The molecule has 0 aliphatic heterocycles. The van der Waals surface area contributed by atoms with Crippen molar-refractivity contribution >= 4 is 21.6 Å². The molecule has 6 heteroatoms. The molecule has 0 saturated heterocycles. The molecule has 16 heavy (non-hydrogen) atoms. The van der Waals surface area contributed by atoms with Gasteiger partial charge in [-0.25, -0.2) is 13.2 Å². The van der Waals surface area contributed by atoms with Gasteiger partial charge in [0.05, 0.1) is 4.90 Å². The Morgan fingerprint density at radius 2 is 1.94 bits per heavy atom. The highest BCUT2D eigenvalue weighted by Gasteiger charge is 2.13. The Morgan fingerprint density at radius 3 is 2.44 bits per heavy atom. The van der Waals surface area contributed by atoms with Crippen molar-refractivity contribution in [3.8, 4) is 0 Å². The van der Waals surface area contributed by atoms with Crippen LogP contribution in [0.1, 0.15) is 5.56 Å². The second-order valence-corrected chi connectivity index (χ2v) is 5.34. The fourth-order valence-corrected chi connectivity index (χ4v) is 1.84. The number of sulfone groups is 1. The van der Waals surface area contributed by atoms with Gasteiger partial charge in [0.15, 0.2) is 9.84 Å². The van der Waals surface area contributed by atoms with Gasteiger partial charge in [0.2, 0.25) is 5.78 Å². The first-order valence-corrected chi connectivity index (χ1v) is 6.25. The molecule has 0 heterocycles. The number of rotatable bonds is 4. The molecular formula is C10H10O5S. The third-order valence-corrected chi connectivity index (χ3v) is 3.04. The molecule has 5 nitrogen and oxygen atoms in total. The number of ketones is 1.